The van der Waals surface area contributed by atoms with E-state index in [1.165, 1.54) is 0 Å². The molecule has 0 saturated heterocycles. The zero-order valence-electron chi connectivity index (χ0n) is 15.9. The molecular weight excluding hydrogens is 362 g/mol. The second-order valence-electron chi connectivity index (χ2n) is 7.22. The molecule has 3 heterocycles. The van der Waals surface area contributed by atoms with Gasteiger partial charge in [0.25, 0.3) is 0 Å². The Hall–Kier alpha value is -3.60. The first-order valence-corrected chi connectivity index (χ1v) is 9.78. The van der Waals surface area contributed by atoms with Crippen LogP contribution in [0.2, 0.25) is 0 Å². The van der Waals surface area contributed by atoms with Gasteiger partial charge >= 0.3 is 0 Å². The molecule has 1 amide bonds. The average Bonchev–Trinajstić information content (AvgIpc) is 3.05. The maximum atomic E-state index is 12.5. The molecule has 1 aliphatic heterocycles. The van der Waals surface area contributed by atoms with Crippen molar-refractivity contribution in [3.8, 4) is 5.75 Å². The Morgan fingerprint density at radius 1 is 1.00 bits per heavy atom. The van der Waals surface area contributed by atoms with Crippen molar-refractivity contribution in [1.82, 2.24) is 14.7 Å². The van der Waals surface area contributed by atoms with Crippen LogP contribution >= 0.6 is 0 Å². The van der Waals surface area contributed by atoms with E-state index in [0.717, 1.165) is 33.9 Å². The predicted molar refractivity (Wildman–Crippen MR) is 111 cm³/mol. The summed E-state index contributed by atoms with van der Waals surface area (Å²) >= 11 is 0. The van der Waals surface area contributed by atoms with Gasteiger partial charge in [0.05, 0.1) is 17.9 Å². The topological polar surface area (TPSA) is 55.6 Å². The Morgan fingerprint density at radius 2 is 1.79 bits per heavy atom. The van der Waals surface area contributed by atoms with Crippen LogP contribution in [0.4, 0.5) is 0 Å². The van der Waals surface area contributed by atoms with E-state index in [-0.39, 0.29) is 11.8 Å². The van der Waals surface area contributed by atoms with E-state index in [1.54, 1.807) is 0 Å². The Bertz CT molecular complexity index is 1170. The van der Waals surface area contributed by atoms with Crippen LogP contribution in [0.1, 0.15) is 34.9 Å². The second-order valence-corrected chi connectivity index (χ2v) is 7.22. The van der Waals surface area contributed by atoms with Crippen molar-refractivity contribution in [2.24, 2.45) is 0 Å². The highest BCUT2D eigenvalue weighted by Crippen LogP contribution is 2.38. The highest BCUT2D eigenvalue weighted by Gasteiger charge is 2.30. The third kappa shape index (κ3) is 3.36. The number of rotatable bonds is 4. The standard InChI is InChI=1S/C24H21N3O2/c28-23-14-19(24-20(15-25-23)26-22-12-6-7-13-27(22)24)18-10-4-5-11-21(18)29-16-17-8-2-1-3-9-17/h1-13,19H,14-16H2,(H,25,28)/t19-/m0/s1. The third-order valence-electron chi connectivity index (χ3n) is 5.35. The molecule has 0 aliphatic carbocycles. The van der Waals surface area contributed by atoms with Gasteiger partial charge in [-0.25, -0.2) is 4.98 Å². The number of carbonyl (C=O) groups is 1. The van der Waals surface area contributed by atoms with Crippen molar-refractivity contribution in [2.75, 3.05) is 0 Å². The Kier molecular flexibility index (Phi) is 4.48. The zero-order valence-corrected chi connectivity index (χ0v) is 15.9. The van der Waals surface area contributed by atoms with Gasteiger partial charge in [0.2, 0.25) is 5.91 Å². The van der Waals surface area contributed by atoms with Gasteiger partial charge in [-0.2, -0.15) is 0 Å². The number of hydrogen-bond donors (Lipinski definition) is 1. The molecule has 1 atom stereocenters. The van der Waals surface area contributed by atoms with Gasteiger partial charge in [-0.3, -0.25) is 4.79 Å². The summed E-state index contributed by atoms with van der Waals surface area (Å²) in [5.74, 6) is 0.695. The molecule has 0 spiro atoms. The fraction of sp³-hybridized carbons (Fsp3) is 0.167. The molecule has 1 aliphatic rings. The minimum atomic E-state index is -0.128. The van der Waals surface area contributed by atoms with Gasteiger partial charge in [-0.1, -0.05) is 54.6 Å². The van der Waals surface area contributed by atoms with Crippen molar-refractivity contribution >= 4 is 11.6 Å². The summed E-state index contributed by atoms with van der Waals surface area (Å²) in [6.07, 6.45) is 2.37. The van der Waals surface area contributed by atoms with Crippen LogP contribution in [-0.4, -0.2) is 15.3 Å². The number of para-hydroxylation sites is 1. The average molecular weight is 383 g/mol. The molecule has 0 unspecified atom stereocenters. The highest BCUT2D eigenvalue weighted by atomic mass is 16.5. The molecule has 0 bridgehead atoms. The predicted octanol–water partition coefficient (Wildman–Crippen LogP) is 4.07. The number of imidazole rings is 1. The largest absolute Gasteiger partial charge is 0.489 e. The molecule has 0 saturated carbocycles. The number of nitrogens with one attached hydrogen (secondary N) is 1. The number of fused-ring (bicyclic) bond motifs is 3. The SMILES string of the molecule is O=C1C[C@@H](c2ccccc2OCc2ccccc2)c2c(nc3ccccn23)CN1. The van der Waals surface area contributed by atoms with E-state index in [0.29, 0.717) is 19.6 Å². The molecule has 0 radical (unpaired) electrons. The molecule has 5 heteroatoms. The molecule has 2 aromatic heterocycles. The van der Waals surface area contributed by atoms with Gasteiger partial charge in [-0.15, -0.1) is 0 Å². The number of amides is 1. The van der Waals surface area contributed by atoms with Crippen LogP contribution in [0.15, 0.2) is 79.0 Å². The lowest BCUT2D eigenvalue weighted by atomic mass is 9.91. The van der Waals surface area contributed by atoms with Crippen LogP contribution in [0.25, 0.3) is 5.65 Å². The number of aromatic nitrogens is 2. The zero-order chi connectivity index (χ0) is 19.6. The summed E-state index contributed by atoms with van der Waals surface area (Å²) in [6.45, 7) is 0.927. The fourth-order valence-electron chi connectivity index (χ4n) is 3.99. The van der Waals surface area contributed by atoms with Crippen LogP contribution in [0, 0.1) is 0 Å². The first-order chi connectivity index (χ1) is 14.3. The molecule has 1 N–H and O–H groups in total. The number of ether oxygens (including phenoxy) is 1. The van der Waals surface area contributed by atoms with Gasteiger partial charge in [0, 0.05) is 24.1 Å². The van der Waals surface area contributed by atoms with Crippen molar-refractivity contribution in [3.63, 3.8) is 0 Å². The Labute approximate surface area is 169 Å². The van der Waals surface area contributed by atoms with Crippen molar-refractivity contribution in [3.05, 3.63) is 102 Å². The quantitative estimate of drug-likeness (QED) is 0.578. The Balaban J connectivity index is 1.57. The first kappa shape index (κ1) is 17.5. The minimum Gasteiger partial charge on any atom is -0.489 e. The van der Waals surface area contributed by atoms with Crippen molar-refractivity contribution in [2.45, 2.75) is 25.5 Å². The Morgan fingerprint density at radius 3 is 2.69 bits per heavy atom. The van der Waals surface area contributed by atoms with Crippen molar-refractivity contribution < 1.29 is 9.53 Å². The number of hydrogen-bond acceptors (Lipinski definition) is 3. The maximum absolute atomic E-state index is 12.5. The van der Waals surface area contributed by atoms with Crippen molar-refractivity contribution in [1.29, 1.82) is 0 Å². The molecule has 5 rings (SSSR count). The first-order valence-electron chi connectivity index (χ1n) is 9.78. The summed E-state index contributed by atoms with van der Waals surface area (Å²) in [5, 5.41) is 2.98. The third-order valence-corrected chi connectivity index (χ3v) is 5.35. The summed E-state index contributed by atoms with van der Waals surface area (Å²) < 4.78 is 8.29. The lowest BCUT2D eigenvalue weighted by Crippen LogP contribution is -2.21. The van der Waals surface area contributed by atoms with Gasteiger partial charge in [0.1, 0.15) is 18.0 Å². The van der Waals surface area contributed by atoms with Crippen LogP contribution in [-0.2, 0) is 17.9 Å². The number of nitrogens with zero attached hydrogens (tertiary/aromatic N) is 2. The lowest BCUT2D eigenvalue weighted by Gasteiger charge is -2.19. The molecule has 0 fully saturated rings. The van der Waals surface area contributed by atoms with Gasteiger partial charge < -0.3 is 14.5 Å². The summed E-state index contributed by atoms with van der Waals surface area (Å²) in [6, 6.07) is 24.0. The molecule has 2 aromatic carbocycles. The summed E-state index contributed by atoms with van der Waals surface area (Å²) in [4.78, 5) is 17.2. The van der Waals surface area contributed by atoms with E-state index >= 15 is 0 Å². The smallest absolute Gasteiger partial charge is 0.221 e. The minimum absolute atomic E-state index is 0.0237. The normalized spacial score (nSPS) is 16.1. The maximum Gasteiger partial charge on any atom is 0.221 e. The van der Waals surface area contributed by atoms with E-state index < -0.39 is 0 Å². The van der Waals surface area contributed by atoms with Crippen LogP contribution in [0.3, 0.4) is 0 Å². The molecular formula is C24H21N3O2. The summed E-state index contributed by atoms with van der Waals surface area (Å²) in [7, 11) is 0. The molecule has 4 aromatic rings. The van der Waals surface area contributed by atoms with Gasteiger partial charge in [0.15, 0.2) is 0 Å². The number of pyridine rings is 1. The monoisotopic (exact) mass is 383 g/mol. The summed E-state index contributed by atoms with van der Waals surface area (Å²) in [5.41, 5.74) is 4.96. The van der Waals surface area contributed by atoms with E-state index in [4.69, 9.17) is 9.72 Å². The fourth-order valence-corrected chi connectivity index (χ4v) is 3.99. The number of carbonyl (C=O) groups excluding carboxylic acids is 1. The number of benzene rings is 2. The molecule has 5 nitrogen and oxygen atoms in total. The molecule has 144 valence electrons. The van der Waals surface area contributed by atoms with E-state index in [2.05, 4.69) is 15.8 Å². The lowest BCUT2D eigenvalue weighted by molar-refractivity contribution is -0.121. The van der Waals surface area contributed by atoms with E-state index in [1.807, 2.05) is 72.9 Å². The second kappa shape index (κ2) is 7.43. The van der Waals surface area contributed by atoms with E-state index in [9.17, 15) is 4.79 Å². The highest BCUT2D eigenvalue weighted by molar-refractivity contribution is 5.78. The molecule has 29 heavy (non-hydrogen) atoms. The van der Waals surface area contributed by atoms with Crippen LogP contribution < -0.4 is 10.1 Å². The van der Waals surface area contributed by atoms with Gasteiger partial charge in [-0.05, 0) is 23.8 Å². The van der Waals surface area contributed by atoms with Crippen LogP contribution in [0.5, 0.6) is 5.75 Å².